The predicted molar refractivity (Wildman–Crippen MR) is 65.6 cm³/mol. The molecule has 1 N–H and O–H groups in total. The number of ether oxygens (including phenoxy) is 2. The van der Waals surface area contributed by atoms with Crippen LogP contribution in [-0.4, -0.2) is 37.0 Å². The Balaban J connectivity index is 2.04. The molecular formula is C12H16ClNO3. The summed E-state index contributed by atoms with van der Waals surface area (Å²) in [4.78, 5) is 2.13. The first kappa shape index (κ1) is 12.5. The molecule has 4 nitrogen and oxygen atoms in total. The highest BCUT2D eigenvalue weighted by atomic mass is 35.5. The van der Waals surface area contributed by atoms with Gasteiger partial charge in [0.15, 0.2) is 11.5 Å². The lowest BCUT2D eigenvalue weighted by Gasteiger charge is -2.16. The third kappa shape index (κ3) is 3.03. The largest absolute Gasteiger partial charge is 0.454 e. The fourth-order valence-corrected chi connectivity index (χ4v) is 2.13. The summed E-state index contributed by atoms with van der Waals surface area (Å²) in [5.41, 5.74) is 1.08. The van der Waals surface area contributed by atoms with Crippen molar-refractivity contribution >= 4 is 11.6 Å². The Labute approximate surface area is 106 Å². The Morgan fingerprint density at radius 2 is 2.24 bits per heavy atom. The van der Waals surface area contributed by atoms with Gasteiger partial charge in [0.25, 0.3) is 0 Å². The van der Waals surface area contributed by atoms with Gasteiger partial charge in [-0.3, -0.25) is 0 Å². The van der Waals surface area contributed by atoms with E-state index in [0.29, 0.717) is 16.5 Å². The molecule has 0 spiro atoms. The summed E-state index contributed by atoms with van der Waals surface area (Å²) in [6, 6.07) is 3.84. The second-order valence-corrected chi connectivity index (χ2v) is 4.53. The lowest BCUT2D eigenvalue weighted by Crippen LogP contribution is -2.19. The van der Waals surface area contributed by atoms with Gasteiger partial charge in [-0.25, -0.2) is 0 Å². The molecule has 94 valence electrons. The molecule has 1 aromatic rings. The molecule has 0 aliphatic carbocycles. The number of hydrogen-bond acceptors (Lipinski definition) is 4. The average molecular weight is 258 g/mol. The van der Waals surface area contributed by atoms with Gasteiger partial charge in [-0.15, -0.1) is 0 Å². The van der Waals surface area contributed by atoms with E-state index in [1.165, 1.54) is 0 Å². The number of benzene rings is 1. The molecule has 0 amide bonds. The molecule has 1 aromatic carbocycles. The van der Waals surface area contributed by atoms with Gasteiger partial charge >= 0.3 is 0 Å². The van der Waals surface area contributed by atoms with E-state index in [4.69, 9.17) is 26.2 Å². The van der Waals surface area contributed by atoms with Crippen molar-refractivity contribution in [2.24, 2.45) is 0 Å². The van der Waals surface area contributed by atoms with Crippen molar-refractivity contribution in [1.82, 2.24) is 4.90 Å². The van der Waals surface area contributed by atoms with E-state index in [1.54, 1.807) is 0 Å². The van der Waals surface area contributed by atoms with Crippen molar-refractivity contribution < 1.29 is 14.6 Å². The molecule has 0 bridgehead atoms. The van der Waals surface area contributed by atoms with Crippen LogP contribution in [0.1, 0.15) is 12.0 Å². The smallest absolute Gasteiger partial charge is 0.231 e. The molecule has 1 aliphatic heterocycles. The maximum atomic E-state index is 8.77. The van der Waals surface area contributed by atoms with E-state index in [2.05, 4.69) is 4.90 Å². The molecule has 0 unspecified atom stereocenters. The van der Waals surface area contributed by atoms with Crippen LogP contribution < -0.4 is 9.47 Å². The normalized spacial score (nSPS) is 13.4. The molecule has 0 aromatic heterocycles. The third-order valence-corrected chi connectivity index (χ3v) is 2.92. The number of aliphatic hydroxyl groups excluding tert-OH is 1. The maximum absolute atomic E-state index is 8.77. The van der Waals surface area contributed by atoms with Crippen LogP contribution in [0.15, 0.2) is 12.1 Å². The van der Waals surface area contributed by atoms with Crippen LogP contribution in [0.25, 0.3) is 0 Å². The summed E-state index contributed by atoms with van der Waals surface area (Å²) >= 11 is 6.10. The molecule has 5 heteroatoms. The standard InChI is InChI=1S/C12H16ClNO3/c1-14(3-2-4-15)7-9-5-10(13)12-11(6-9)16-8-17-12/h5-6,15H,2-4,7-8H2,1H3. The number of nitrogens with zero attached hydrogens (tertiary/aromatic N) is 1. The zero-order valence-corrected chi connectivity index (χ0v) is 10.5. The van der Waals surface area contributed by atoms with Crippen LogP contribution in [-0.2, 0) is 6.54 Å². The third-order valence-electron chi connectivity index (χ3n) is 2.64. The number of hydrogen-bond donors (Lipinski definition) is 1. The summed E-state index contributed by atoms with van der Waals surface area (Å²) in [6.07, 6.45) is 0.773. The van der Waals surface area contributed by atoms with Crippen molar-refractivity contribution in [1.29, 1.82) is 0 Å². The highest BCUT2D eigenvalue weighted by Gasteiger charge is 2.18. The average Bonchev–Trinajstić information content (AvgIpc) is 2.75. The van der Waals surface area contributed by atoms with Crippen LogP contribution in [0.2, 0.25) is 5.02 Å². The van der Waals surface area contributed by atoms with Gasteiger partial charge in [0.1, 0.15) is 0 Å². The first-order chi connectivity index (χ1) is 8.20. The summed E-state index contributed by atoms with van der Waals surface area (Å²) < 4.78 is 10.6. The first-order valence-corrected chi connectivity index (χ1v) is 5.96. The first-order valence-electron chi connectivity index (χ1n) is 5.58. The van der Waals surface area contributed by atoms with Crippen LogP contribution in [0.3, 0.4) is 0 Å². The van der Waals surface area contributed by atoms with Gasteiger partial charge in [-0.2, -0.15) is 0 Å². The topological polar surface area (TPSA) is 41.9 Å². The fourth-order valence-electron chi connectivity index (χ4n) is 1.84. The Bertz CT molecular complexity index is 398. The van der Waals surface area contributed by atoms with Crippen LogP contribution in [0, 0.1) is 0 Å². The van der Waals surface area contributed by atoms with Gasteiger partial charge in [0.2, 0.25) is 6.79 Å². The SMILES string of the molecule is CN(CCCO)Cc1cc(Cl)c2c(c1)OCO2. The zero-order chi connectivity index (χ0) is 12.3. The molecule has 1 heterocycles. The van der Waals surface area contributed by atoms with E-state index in [9.17, 15) is 0 Å². The van der Waals surface area contributed by atoms with E-state index < -0.39 is 0 Å². The van der Waals surface area contributed by atoms with Crippen LogP contribution in [0.5, 0.6) is 11.5 Å². The second kappa shape index (κ2) is 5.58. The number of halogens is 1. The van der Waals surface area contributed by atoms with Crippen molar-refractivity contribution in [3.8, 4) is 11.5 Å². The highest BCUT2D eigenvalue weighted by molar-refractivity contribution is 6.32. The summed E-state index contributed by atoms with van der Waals surface area (Å²) in [7, 11) is 2.01. The van der Waals surface area contributed by atoms with Crippen molar-refractivity contribution in [2.75, 3.05) is 27.0 Å². The molecular weight excluding hydrogens is 242 g/mol. The summed E-state index contributed by atoms with van der Waals surface area (Å²) in [5, 5.41) is 9.36. The molecule has 17 heavy (non-hydrogen) atoms. The second-order valence-electron chi connectivity index (χ2n) is 4.13. The maximum Gasteiger partial charge on any atom is 0.231 e. The summed E-state index contributed by atoms with van der Waals surface area (Å²) in [5.74, 6) is 1.34. The van der Waals surface area contributed by atoms with E-state index >= 15 is 0 Å². The predicted octanol–water partition coefficient (Wildman–Crippen LogP) is 1.88. The minimum atomic E-state index is 0.215. The van der Waals surface area contributed by atoms with Crippen LogP contribution >= 0.6 is 11.6 Å². The van der Waals surface area contributed by atoms with E-state index in [1.807, 2.05) is 19.2 Å². The molecule has 2 rings (SSSR count). The zero-order valence-electron chi connectivity index (χ0n) is 9.78. The van der Waals surface area contributed by atoms with Crippen molar-refractivity contribution in [3.05, 3.63) is 22.7 Å². The number of fused-ring (bicyclic) bond motifs is 1. The highest BCUT2D eigenvalue weighted by Crippen LogP contribution is 2.39. The minimum absolute atomic E-state index is 0.215. The van der Waals surface area contributed by atoms with Crippen molar-refractivity contribution in [3.63, 3.8) is 0 Å². The van der Waals surface area contributed by atoms with Crippen molar-refractivity contribution in [2.45, 2.75) is 13.0 Å². The summed E-state index contributed by atoms with van der Waals surface area (Å²) in [6.45, 7) is 2.07. The Morgan fingerprint density at radius 3 is 3.00 bits per heavy atom. The van der Waals surface area contributed by atoms with Gasteiger partial charge in [-0.05, 0) is 31.2 Å². The molecule has 1 aliphatic rings. The lowest BCUT2D eigenvalue weighted by molar-refractivity contribution is 0.174. The molecule has 0 radical (unpaired) electrons. The fraction of sp³-hybridized carbons (Fsp3) is 0.500. The van der Waals surface area contributed by atoms with E-state index in [-0.39, 0.29) is 13.4 Å². The molecule has 0 saturated carbocycles. The van der Waals surface area contributed by atoms with Gasteiger partial charge < -0.3 is 19.5 Å². The molecule has 0 saturated heterocycles. The van der Waals surface area contributed by atoms with E-state index in [0.717, 1.165) is 25.1 Å². The lowest BCUT2D eigenvalue weighted by atomic mass is 10.2. The molecule has 0 fully saturated rings. The number of rotatable bonds is 5. The van der Waals surface area contributed by atoms with Gasteiger partial charge in [-0.1, -0.05) is 11.6 Å². The van der Waals surface area contributed by atoms with Crippen LogP contribution in [0.4, 0.5) is 0 Å². The van der Waals surface area contributed by atoms with Gasteiger partial charge in [0, 0.05) is 19.7 Å². The quantitative estimate of drug-likeness (QED) is 0.875. The van der Waals surface area contributed by atoms with Gasteiger partial charge in [0.05, 0.1) is 5.02 Å². The Hall–Kier alpha value is -0.970. The molecule has 0 atom stereocenters. The number of aliphatic hydroxyl groups is 1. The Morgan fingerprint density at radius 1 is 1.41 bits per heavy atom. The Kier molecular flexibility index (Phi) is 4.10. The minimum Gasteiger partial charge on any atom is -0.454 e. The monoisotopic (exact) mass is 257 g/mol.